The maximum Gasteiger partial charge on any atom is 0.308 e. The minimum Gasteiger partial charge on any atom is -0.481 e. The highest BCUT2D eigenvalue weighted by Gasteiger charge is 2.38. The number of piperidine rings is 1. The van der Waals surface area contributed by atoms with Crippen molar-refractivity contribution in [2.45, 2.75) is 25.7 Å². The zero-order chi connectivity index (χ0) is 18.7. The molecule has 2 saturated heterocycles. The van der Waals surface area contributed by atoms with Gasteiger partial charge in [-0.2, -0.15) is 0 Å². The summed E-state index contributed by atoms with van der Waals surface area (Å²) in [6.07, 6.45) is 2.05. The SMILES string of the molecule is O=C(O)[C@@H]1CCCN(C(=O)[C@H]2CC(=O)N(CCc3ccc(F)cc3)C2)C1. The lowest BCUT2D eigenvalue weighted by molar-refractivity contribution is -0.146. The van der Waals surface area contributed by atoms with Crippen molar-refractivity contribution in [3.05, 3.63) is 35.6 Å². The summed E-state index contributed by atoms with van der Waals surface area (Å²) in [5, 5.41) is 9.16. The van der Waals surface area contributed by atoms with Gasteiger partial charge in [-0.1, -0.05) is 12.1 Å². The smallest absolute Gasteiger partial charge is 0.308 e. The van der Waals surface area contributed by atoms with E-state index in [0.29, 0.717) is 38.9 Å². The average Bonchev–Trinajstić information content (AvgIpc) is 3.01. The van der Waals surface area contributed by atoms with Crippen molar-refractivity contribution < 1.29 is 23.9 Å². The zero-order valence-corrected chi connectivity index (χ0v) is 14.6. The van der Waals surface area contributed by atoms with Crippen LogP contribution in [0, 0.1) is 17.7 Å². The highest BCUT2D eigenvalue weighted by molar-refractivity contribution is 5.89. The van der Waals surface area contributed by atoms with Crippen LogP contribution in [0.4, 0.5) is 4.39 Å². The summed E-state index contributed by atoms with van der Waals surface area (Å²) in [6, 6.07) is 6.17. The van der Waals surface area contributed by atoms with Crippen molar-refractivity contribution in [2.75, 3.05) is 26.2 Å². The average molecular weight is 362 g/mol. The van der Waals surface area contributed by atoms with Gasteiger partial charge in [0.25, 0.3) is 0 Å². The largest absolute Gasteiger partial charge is 0.481 e. The van der Waals surface area contributed by atoms with E-state index in [4.69, 9.17) is 5.11 Å². The fourth-order valence-electron chi connectivity index (χ4n) is 3.71. The molecule has 0 unspecified atom stereocenters. The standard InChI is InChI=1S/C19H23FN2O4/c20-16-5-3-13(4-6-16)7-9-21-12-15(10-17(21)23)18(24)22-8-1-2-14(11-22)19(25)26/h3-6,14-15H,1-2,7-12H2,(H,25,26)/t14-,15+/m1/s1. The molecule has 1 aromatic carbocycles. The van der Waals surface area contributed by atoms with Crippen LogP contribution >= 0.6 is 0 Å². The Balaban J connectivity index is 1.54. The summed E-state index contributed by atoms with van der Waals surface area (Å²) in [4.78, 5) is 39.3. The second-order valence-electron chi connectivity index (χ2n) is 7.08. The summed E-state index contributed by atoms with van der Waals surface area (Å²) in [5.74, 6) is -2.25. The Kier molecular flexibility index (Phi) is 5.54. The number of nitrogens with zero attached hydrogens (tertiary/aromatic N) is 2. The van der Waals surface area contributed by atoms with Gasteiger partial charge in [0.05, 0.1) is 11.8 Å². The molecule has 0 radical (unpaired) electrons. The molecule has 2 atom stereocenters. The molecule has 3 rings (SSSR count). The minimum absolute atomic E-state index is 0.0581. The van der Waals surface area contributed by atoms with Crippen LogP contribution in [0.1, 0.15) is 24.8 Å². The van der Waals surface area contributed by atoms with Gasteiger partial charge in [0.1, 0.15) is 5.82 Å². The quantitative estimate of drug-likeness (QED) is 0.862. The summed E-state index contributed by atoms with van der Waals surface area (Å²) in [6.45, 7) is 1.65. The molecule has 140 valence electrons. The summed E-state index contributed by atoms with van der Waals surface area (Å²) in [7, 11) is 0. The van der Waals surface area contributed by atoms with Crippen LogP contribution in [0.15, 0.2) is 24.3 Å². The third-order valence-corrected chi connectivity index (χ3v) is 5.23. The fraction of sp³-hybridized carbons (Fsp3) is 0.526. The van der Waals surface area contributed by atoms with Crippen LogP contribution in [-0.4, -0.2) is 58.9 Å². The predicted molar refractivity (Wildman–Crippen MR) is 91.7 cm³/mol. The van der Waals surface area contributed by atoms with Gasteiger partial charge in [-0.15, -0.1) is 0 Å². The van der Waals surface area contributed by atoms with E-state index < -0.39 is 17.8 Å². The van der Waals surface area contributed by atoms with E-state index in [9.17, 15) is 18.8 Å². The molecule has 0 bridgehead atoms. The van der Waals surface area contributed by atoms with Crippen LogP contribution < -0.4 is 0 Å². The second kappa shape index (κ2) is 7.85. The molecule has 1 aromatic rings. The normalized spacial score (nSPS) is 23.3. The monoisotopic (exact) mass is 362 g/mol. The van der Waals surface area contributed by atoms with E-state index in [-0.39, 0.29) is 30.6 Å². The van der Waals surface area contributed by atoms with Crippen LogP contribution in [0.2, 0.25) is 0 Å². The number of carboxylic acids is 1. The van der Waals surface area contributed by atoms with Gasteiger partial charge in [0.15, 0.2) is 0 Å². The number of hydrogen-bond donors (Lipinski definition) is 1. The number of aliphatic carboxylic acids is 1. The Morgan fingerprint density at radius 3 is 2.58 bits per heavy atom. The third kappa shape index (κ3) is 4.20. The number of carbonyl (C=O) groups is 3. The Labute approximate surface area is 151 Å². The molecular weight excluding hydrogens is 339 g/mol. The van der Waals surface area contributed by atoms with E-state index in [2.05, 4.69) is 0 Å². The fourth-order valence-corrected chi connectivity index (χ4v) is 3.71. The van der Waals surface area contributed by atoms with Crippen molar-refractivity contribution in [3.8, 4) is 0 Å². The number of likely N-dealkylation sites (tertiary alicyclic amines) is 2. The molecule has 2 aliphatic rings. The topological polar surface area (TPSA) is 77.9 Å². The number of carboxylic acid groups (broad SMARTS) is 1. The first-order valence-electron chi connectivity index (χ1n) is 8.98. The van der Waals surface area contributed by atoms with Crippen LogP contribution in [-0.2, 0) is 20.8 Å². The molecule has 0 aromatic heterocycles. The van der Waals surface area contributed by atoms with Gasteiger partial charge < -0.3 is 14.9 Å². The Morgan fingerprint density at radius 1 is 1.15 bits per heavy atom. The summed E-state index contributed by atoms with van der Waals surface area (Å²) in [5.41, 5.74) is 0.939. The summed E-state index contributed by atoms with van der Waals surface area (Å²) < 4.78 is 12.9. The first-order valence-corrected chi connectivity index (χ1v) is 8.98. The number of rotatable bonds is 5. The zero-order valence-electron chi connectivity index (χ0n) is 14.6. The number of halogens is 1. The Morgan fingerprint density at radius 2 is 1.88 bits per heavy atom. The molecule has 0 aliphatic carbocycles. The molecule has 0 saturated carbocycles. The predicted octanol–water partition coefficient (Wildman–Crippen LogP) is 1.54. The number of amides is 2. The van der Waals surface area contributed by atoms with Gasteiger partial charge in [0, 0.05) is 32.6 Å². The summed E-state index contributed by atoms with van der Waals surface area (Å²) >= 11 is 0. The second-order valence-corrected chi connectivity index (χ2v) is 7.08. The molecule has 0 spiro atoms. The van der Waals surface area contributed by atoms with Gasteiger partial charge in [-0.05, 0) is 37.0 Å². The maximum atomic E-state index is 12.9. The van der Waals surface area contributed by atoms with Crippen molar-refractivity contribution in [1.82, 2.24) is 9.80 Å². The lowest BCUT2D eigenvalue weighted by Gasteiger charge is -2.32. The molecular formula is C19H23FN2O4. The Bertz CT molecular complexity index is 691. The van der Waals surface area contributed by atoms with E-state index in [0.717, 1.165) is 5.56 Å². The molecule has 7 heteroatoms. The molecule has 1 N–H and O–H groups in total. The number of benzene rings is 1. The maximum absolute atomic E-state index is 12.9. The van der Waals surface area contributed by atoms with Crippen molar-refractivity contribution in [2.24, 2.45) is 11.8 Å². The van der Waals surface area contributed by atoms with Crippen molar-refractivity contribution in [3.63, 3.8) is 0 Å². The molecule has 26 heavy (non-hydrogen) atoms. The molecule has 2 fully saturated rings. The van der Waals surface area contributed by atoms with E-state index in [1.807, 2.05) is 0 Å². The van der Waals surface area contributed by atoms with E-state index >= 15 is 0 Å². The molecule has 2 aliphatic heterocycles. The van der Waals surface area contributed by atoms with E-state index in [1.165, 1.54) is 12.1 Å². The van der Waals surface area contributed by atoms with Gasteiger partial charge in [0.2, 0.25) is 11.8 Å². The van der Waals surface area contributed by atoms with Crippen LogP contribution in [0.5, 0.6) is 0 Å². The lowest BCUT2D eigenvalue weighted by atomic mass is 9.96. The van der Waals surface area contributed by atoms with Gasteiger partial charge in [-0.25, -0.2) is 4.39 Å². The molecule has 2 amide bonds. The number of carbonyl (C=O) groups excluding carboxylic acids is 2. The third-order valence-electron chi connectivity index (χ3n) is 5.23. The Hall–Kier alpha value is -2.44. The van der Waals surface area contributed by atoms with Crippen molar-refractivity contribution >= 4 is 17.8 Å². The minimum atomic E-state index is -0.870. The number of hydrogen-bond acceptors (Lipinski definition) is 3. The van der Waals surface area contributed by atoms with Gasteiger partial charge in [-0.3, -0.25) is 14.4 Å². The highest BCUT2D eigenvalue weighted by Crippen LogP contribution is 2.24. The lowest BCUT2D eigenvalue weighted by Crippen LogP contribution is -2.45. The van der Waals surface area contributed by atoms with Crippen LogP contribution in [0.25, 0.3) is 0 Å². The van der Waals surface area contributed by atoms with Crippen molar-refractivity contribution in [1.29, 1.82) is 0 Å². The van der Waals surface area contributed by atoms with E-state index in [1.54, 1.807) is 21.9 Å². The van der Waals surface area contributed by atoms with Crippen LogP contribution in [0.3, 0.4) is 0 Å². The first kappa shape index (κ1) is 18.4. The van der Waals surface area contributed by atoms with Gasteiger partial charge >= 0.3 is 5.97 Å². The first-order chi connectivity index (χ1) is 12.4. The molecule has 6 nitrogen and oxygen atoms in total. The highest BCUT2D eigenvalue weighted by atomic mass is 19.1. The molecule has 2 heterocycles.